The van der Waals surface area contributed by atoms with E-state index in [0.717, 1.165) is 5.57 Å². The van der Waals surface area contributed by atoms with E-state index in [-0.39, 0.29) is 6.04 Å². The molecule has 0 heterocycles. The molecule has 0 bridgehead atoms. The second-order valence-electron chi connectivity index (χ2n) is 5.41. The molecule has 0 aromatic rings. The van der Waals surface area contributed by atoms with Gasteiger partial charge in [0.1, 0.15) is 0 Å². The fourth-order valence-electron chi connectivity index (χ4n) is 2.60. The van der Waals surface area contributed by atoms with Gasteiger partial charge in [-0.1, -0.05) is 39.8 Å². The molecule has 0 aromatic carbocycles. The number of hydrazine groups is 1. The fraction of sp³-hybridized carbons (Fsp3) is 0.818. The standard InChI is InChI=1S/C11H22N2/c1-7(2)8(13-12)9-10(3,4)11(9,5)6/h8-9,13H,1,12H2,2-6H3. The smallest absolute Gasteiger partial charge is 0.0453 e. The van der Waals surface area contributed by atoms with Crippen molar-refractivity contribution in [2.24, 2.45) is 22.6 Å². The van der Waals surface area contributed by atoms with Crippen molar-refractivity contribution in [1.82, 2.24) is 5.43 Å². The zero-order chi connectivity index (χ0) is 10.4. The van der Waals surface area contributed by atoms with E-state index >= 15 is 0 Å². The van der Waals surface area contributed by atoms with E-state index in [0.29, 0.717) is 16.7 Å². The van der Waals surface area contributed by atoms with Crippen LogP contribution in [-0.4, -0.2) is 6.04 Å². The maximum Gasteiger partial charge on any atom is 0.0453 e. The first-order valence-electron chi connectivity index (χ1n) is 4.88. The van der Waals surface area contributed by atoms with E-state index in [1.165, 1.54) is 0 Å². The van der Waals surface area contributed by atoms with E-state index in [2.05, 4.69) is 39.7 Å². The van der Waals surface area contributed by atoms with Crippen LogP contribution in [0.3, 0.4) is 0 Å². The molecular formula is C11H22N2. The predicted molar refractivity (Wildman–Crippen MR) is 57.0 cm³/mol. The van der Waals surface area contributed by atoms with E-state index in [1.54, 1.807) is 0 Å². The van der Waals surface area contributed by atoms with Gasteiger partial charge < -0.3 is 0 Å². The van der Waals surface area contributed by atoms with E-state index in [9.17, 15) is 0 Å². The van der Waals surface area contributed by atoms with Gasteiger partial charge in [0.2, 0.25) is 0 Å². The zero-order valence-electron chi connectivity index (χ0n) is 9.44. The molecule has 0 saturated heterocycles. The van der Waals surface area contributed by atoms with Crippen molar-refractivity contribution in [3.63, 3.8) is 0 Å². The SMILES string of the molecule is C=C(C)C(NN)C1C(C)(C)C1(C)C. The van der Waals surface area contributed by atoms with Crippen molar-refractivity contribution >= 4 is 0 Å². The molecule has 76 valence electrons. The first-order valence-corrected chi connectivity index (χ1v) is 4.88. The second-order valence-corrected chi connectivity index (χ2v) is 5.41. The van der Waals surface area contributed by atoms with Crippen molar-refractivity contribution in [2.75, 3.05) is 0 Å². The zero-order valence-corrected chi connectivity index (χ0v) is 9.44. The van der Waals surface area contributed by atoms with Crippen LogP contribution in [-0.2, 0) is 0 Å². The average molecular weight is 182 g/mol. The molecule has 3 N–H and O–H groups in total. The lowest BCUT2D eigenvalue weighted by atomic mass is 9.99. The van der Waals surface area contributed by atoms with Crippen LogP contribution in [0.2, 0.25) is 0 Å². The summed E-state index contributed by atoms with van der Waals surface area (Å²) in [7, 11) is 0. The Hall–Kier alpha value is -0.340. The van der Waals surface area contributed by atoms with Gasteiger partial charge in [-0.3, -0.25) is 11.3 Å². The van der Waals surface area contributed by atoms with Crippen molar-refractivity contribution in [2.45, 2.75) is 40.7 Å². The highest BCUT2D eigenvalue weighted by Gasteiger charge is 2.67. The highest BCUT2D eigenvalue weighted by atomic mass is 15.2. The summed E-state index contributed by atoms with van der Waals surface area (Å²) in [6.07, 6.45) is 0. The van der Waals surface area contributed by atoms with E-state index < -0.39 is 0 Å². The van der Waals surface area contributed by atoms with Gasteiger partial charge in [-0.2, -0.15) is 0 Å². The lowest BCUT2D eigenvalue weighted by Gasteiger charge is -2.17. The molecule has 1 atom stereocenters. The molecule has 0 spiro atoms. The van der Waals surface area contributed by atoms with Crippen molar-refractivity contribution < 1.29 is 0 Å². The predicted octanol–water partition coefficient (Wildman–Crippen LogP) is 2.08. The van der Waals surface area contributed by atoms with Gasteiger partial charge in [0, 0.05) is 6.04 Å². The summed E-state index contributed by atoms with van der Waals surface area (Å²) in [5.74, 6) is 6.15. The molecule has 0 aliphatic heterocycles. The van der Waals surface area contributed by atoms with Crippen molar-refractivity contribution in [3.05, 3.63) is 12.2 Å². The van der Waals surface area contributed by atoms with Crippen LogP contribution < -0.4 is 11.3 Å². The molecule has 2 nitrogen and oxygen atoms in total. The van der Waals surface area contributed by atoms with Gasteiger partial charge in [-0.15, -0.1) is 0 Å². The minimum absolute atomic E-state index is 0.255. The van der Waals surface area contributed by atoms with Crippen LogP contribution >= 0.6 is 0 Å². The molecule has 1 aliphatic rings. The minimum atomic E-state index is 0.255. The molecule has 0 amide bonds. The number of nitrogens with two attached hydrogens (primary N) is 1. The highest BCUT2D eigenvalue weighted by Crippen LogP contribution is 2.70. The molecule has 0 aromatic heterocycles. The van der Waals surface area contributed by atoms with Crippen LogP contribution in [0.1, 0.15) is 34.6 Å². The molecule has 1 saturated carbocycles. The minimum Gasteiger partial charge on any atom is -0.271 e. The van der Waals surface area contributed by atoms with Crippen LogP contribution in [0.5, 0.6) is 0 Å². The van der Waals surface area contributed by atoms with E-state index in [1.807, 2.05) is 6.92 Å². The normalized spacial score (nSPS) is 26.9. The van der Waals surface area contributed by atoms with Crippen molar-refractivity contribution in [3.8, 4) is 0 Å². The van der Waals surface area contributed by atoms with Crippen LogP contribution in [0.4, 0.5) is 0 Å². The van der Waals surface area contributed by atoms with Crippen molar-refractivity contribution in [1.29, 1.82) is 0 Å². The van der Waals surface area contributed by atoms with Crippen LogP contribution in [0.25, 0.3) is 0 Å². The monoisotopic (exact) mass is 182 g/mol. The summed E-state index contributed by atoms with van der Waals surface area (Å²) in [5.41, 5.74) is 4.73. The first kappa shape index (κ1) is 10.7. The maximum atomic E-state index is 5.55. The Bertz CT molecular complexity index is 214. The van der Waals surface area contributed by atoms with E-state index in [4.69, 9.17) is 5.84 Å². The highest BCUT2D eigenvalue weighted by molar-refractivity contribution is 5.22. The largest absolute Gasteiger partial charge is 0.271 e. The summed E-state index contributed by atoms with van der Waals surface area (Å²) in [5, 5.41) is 0. The molecule has 1 rings (SSSR count). The molecule has 1 fully saturated rings. The maximum absolute atomic E-state index is 5.55. The third-order valence-electron chi connectivity index (χ3n) is 4.18. The summed E-state index contributed by atoms with van der Waals surface area (Å²) in [6.45, 7) is 15.2. The Morgan fingerprint density at radius 3 is 1.77 bits per heavy atom. The third kappa shape index (κ3) is 1.32. The number of rotatable bonds is 3. The Labute approximate surface area is 81.6 Å². The number of hydrogen-bond donors (Lipinski definition) is 2. The summed E-state index contributed by atoms with van der Waals surface area (Å²) < 4.78 is 0. The Kier molecular flexibility index (Phi) is 2.33. The summed E-state index contributed by atoms with van der Waals surface area (Å²) in [6, 6.07) is 0.255. The van der Waals surface area contributed by atoms with Gasteiger partial charge in [0.25, 0.3) is 0 Å². The summed E-state index contributed by atoms with van der Waals surface area (Å²) >= 11 is 0. The first-order chi connectivity index (χ1) is 5.76. The molecule has 0 radical (unpaired) electrons. The molecular weight excluding hydrogens is 160 g/mol. The lowest BCUT2D eigenvalue weighted by molar-refractivity contribution is 0.451. The topological polar surface area (TPSA) is 38.0 Å². The Balaban J connectivity index is 2.81. The number of hydrogen-bond acceptors (Lipinski definition) is 2. The van der Waals surface area contributed by atoms with Crippen LogP contribution in [0, 0.1) is 16.7 Å². The third-order valence-corrected chi connectivity index (χ3v) is 4.18. The summed E-state index contributed by atoms with van der Waals surface area (Å²) in [4.78, 5) is 0. The Morgan fingerprint density at radius 2 is 1.69 bits per heavy atom. The Morgan fingerprint density at radius 1 is 1.31 bits per heavy atom. The fourth-order valence-corrected chi connectivity index (χ4v) is 2.60. The van der Waals surface area contributed by atoms with Gasteiger partial charge >= 0.3 is 0 Å². The van der Waals surface area contributed by atoms with Crippen LogP contribution in [0.15, 0.2) is 12.2 Å². The number of nitrogens with one attached hydrogen (secondary N) is 1. The van der Waals surface area contributed by atoms with Gasteiger partial charge in [-0.25, -0.2) is 0 Å². The lowest BCUT2D eigenvalue weighted by Crippen LogP contribution is -2.39. The molecule has 2 heteroatoms. The quantitative estimate of drug-likeness (QED) is 0.398. The van der Waals surface area contributed by atoms with Gasteiger partial charge in [-0.05, 0) is 23.7 Å². The van der Waals surface area contributed by atoms with Gasteiger partial charge in [0.15, 0.2) is 0 Å². The molecule has 13 heavy (non-hydrogen) atoms. The molecule has 1 unspecified atom stereocenters. The molecule has 1 aliphatic carbocycles. The van der Waals surface area contributed by atoms with Gasteiger partial charge in [0.05, 0.1) is 0 Å². The average Bonchev–Trinajstić information content (AvgIpc) is 2.32. The second kappa shape index (κ2) is 2.82.